The first-order valence-electron chi connectivity index (χ1n) is 7.23. The normalized spacial score (nSPS) is 23.2. The third-order valence-corrected chi connectivity index (χ3v) is 3.68. The van der Waals surface area contributed by atoms with Gasteiger partial charge in [-0.1, -0.05) is 19.1 Å². The molecule has 1 unspecified atom stereocenters. The van der Waals surface area contributed by atoms with Gasteiger partial charge in [-0.05, 0) is 38.9 Å². The molecule has 116 valence electrons. The Kier molecular flexibility index (Phi) is 8.26. The number of esters is 1. The molecule has 0 aromatic rings. The summed E-state index contributed by atoms with van der Waals surface area (Å²) in [6, 6.07) is 0. The first-order chi connectivity index (χ1) is 9.53. The van der Waals surface area contributed by atoms with E-state index in [1.807, 2.05) is 20.8 Å². The Hall–Kier alpha value is -0.520. The van der Waals surface area contributed by atoms with Gasteiger partial charge >= 0.3 is 5.97 Å². The lowest BCUT2D eigenvalue weighted by Gasteiger charge is -2.16. The molecule has 1 aliphatic heterocycles. The molecule has 4 nitrogen and oxygen atoms in total. The Balaban J connectivity index is 0.000000333. The van der Waals surface area contributed by atoms with Crippen molar-refractivity contribution in [3.8, 4) is 0 Å². The molecular formula is C15H26O4S. The summed E-state index contributed by atoms with van der Waals surface area (Å²) >= 11 is 1.55. The second-order valence-corrected chi connectivity index (χ2v) is 6.45. The summed E-state index contributed by atoms with van der Waals surface area (Å²) in [6.45, 7) is 6.48. The van der Waals surface area contributed by atoms with E-state index in [2.05, 4.69) is 12.2 Å². The van der Waals surface area contributed by atoms with Crippen molar-refractivity contribution in [2.24, 2.45) is 0 Å². The Morgan fingerprint density at radius 1 is 1.40 bits per heavy atom. The second-order valence-electron chi connectivity index (χ2n) is 5.17. The SMILES string of the molecule is C1=CCCC1.CCSCC(=O)OCC1COC(C)(C)O1. The van der Waals surface area contributed by atoms with Crippen molar-refractivity contribution in [1.82, 2.24) is 0 Å². The van der Waals surface area contributed by atoms with E-state index in [9.17, 15) is 4.79 Å². The second kappa shape index (κ2) is 9.42. The maximum Gasteiger partial charge on any atom is 0.315 e. The van der Waals surface area contributed by atoms with Crippen molar-refractivity contribution in [3.63, 3.8) is 0 Å². The molecule has 1 heterocycles. The molecule has 0 aromatic heterocycles. The topological polar surface area (TPSA) is 44.8 Å². The number of hydrogen-bond acceptors (Lipinski definition) is 5. The fraction of sp³-hybridized carbons (Fsp3) is 0.800. The zero-order valence-corrected chi connectivity index (χ0v) is 13.5. The summed E-state index contributed by atoms with van der Waals surface area (Å²) in [4.78, 5) is 11.2. The summed E-state index contributed by atoms with van der Waals surface area (Å²) in [5.74, 6) is 0.601. The molecular weight excluding hydrogens is 276 g/mol. The zero-order valence-electron chi connectivity index (χ0n) is 12.7. The highest BCUT2D eigenvalue weighted by atomic mass is 32.2. The van der Waals surface area contributed by atoms with E-state index in [4.69, 9.17) is 14.2 Å². The molecule has 0 radical (unpaired) electrons. The molecule has 0 saturated carbocycles. The van der Waals surface area contributed by atoms with E-state index in [0.29, 0.717) is 12.4 Å². The van der Waals surface area contributed by atoms with Crippen LogP contribution in [0.2, 0.25) is 0 Å². The van der Waals surface area contributed by atoms with Crippen molar-refractivity contribution in [1.29, 1.82) is 0 Å². The standard InChI is InChI=1S/C10H18O4S.C5H8/c1-4-15-7-9(11)12-5-8-6-13-10(2,3)14-8;1-2-4-5-3-1/h8H,4-7H2,1-3H3;1-2H,3-5H2. The van der Waals surface area contributed by atoms with Crippen LogP contribution in [-0.4, -0.2) is 42.6 Å². The van der Waals surface area contributed by atoms with Crippen LogP contribution in [0.4, 0.5) is 0 Å². The molecule has 1 atom stereocenters. The van der Waals surface area contributed by atoms with Crippen molar-refractivity contribution in [3.05, 3.63) is 12.2 Å². The predicted octanol–water partition coefficient (Wildman–Crippen LogP) is 3.16. The summed E-state index contributed by atoms with van der Waals surface area (Å²) in [5, 5.41) is 0. The number of allylic oxidation sites excluding steroid dienone is 2. The van der Waals surface area contributed by atoms with E-state index in [0.717, 1.165) is 5.75 Å². The van der Waals surface area contributed by atoms with Crippen LogP contribution < -0.4 is 0 Å². The predicted molar refractivity (Wildman–Crippen MR) is 81.9 cm³/mol. The molecule has 5 heteroatoms. The number of thioether (sulfide) groups is 1. The van der Waals surface area contributed by atoms with E-state index < -0.39 is 5.79 Å². The first-order valence-corrected chi connectivity index (χ1v) is 8.39. The van der Waals surface area contributed by atoms with Crippen molar-refractivity contribution >= 4 is 17.7 Å². The van der Waals surface area contributed by atoms with Crippen LogP contribution >= 0.6 is 11.8 Å². The van der Waals surface area contributed by atoms with Gasteiger partial charge in [-0.2, -0.15) is 11.8 Å². The molecule has 0 amide bonds. The van der Waals surface area contributed by atoms with Gasteiger partial charge in [0.05, 0.1) is 12.4 Å². The highest BCUT2D eigenvalue weighted by molar-refractivity contribution is 7.99. The van der Waals surface area contributed by atoms with Gasteiger partial charge in [-0.3, -0.25) is 4.79 Å². The van der Waals surface area contributed by atoms with Gasteiger partial charge in [0.15, 0.2) is 5.79 Å². The maximum atomic E-state index is 11.2. The minimum absolute atomic E-state index is 0.129. The minimum atomic E-state index is -0.546. The van der Waals surface area contributed by atoms with Crippen LogP contribution in [-0.2, 0) is 19.0 Å². The van der Waals surface area contributed by atoms with Gasteiger partial charge in [0.1, 0.15) is 12.7 Å². The van der Waals surface area contributed by atoms with Crippen LogP contribution in [0.1, 0.15) is 40.0 Å². The van der Waals surface area contributed by atoms with Gasteiger partial charge in [-0.25, -0.2) is 0 Å². The summed E-state index contributed by atoms with van der Waals surface area (Å²) in [5.41, 5.74) is 0. The quantitative estimate of drug-likeness (QED) is 0.576. The fourth-order valence-corrected chi connectivity index (χ4v) is 2.30. The Morgan fingerprint density at radius 3 is 2.55 bits per heavy atom. The lowest BCUT2D eigenvalue weighted by Crippen LogP contribution is -2.25. The van der Waals surface area contributed by atoms with Crippen LogP contribution in [0.3, 0.4) is 0 Å². The number of ether oxygens (including phenoxy) is 3. The molecule has 1 fully saturated rings. The monoisotopic (exact) mass is 302 g/mol. The molecule has 2 aliphatic rings. The average Bonchev–Trinajstić information content (AvgIpc) is 3.07. The molecule has 0 bridgehead atoms. The Morgan fingerprint density at radius 2 is 2.10 bits per heavy atom. The summed E-state index contributed by atoms with van der Waals surface area (Å²) in [6.07, 6.45) is 8.37. The fourth-order valence-electron chi connectivity index (χ4n) is 1.85. The number of hydrogen-bond donors (Lipinski definition) is 0. The van der Waals surface area contributed by atoms with E-state index in [1.54, 1.807) is 11.8 Å². The number of rotatable bonds is 5. The highest BCUT2D eigenvalue weighted by Gasteiger charge is 2.33. The van der Waals surface area contributed by atoms with Crippen LogP contribution in [0, 0.1) is 0 Å². The highest BCUT2D eigenvalue weighted by Crippen LogP contribution is 2.22. The minimum Gasteiger partial charge on any atom is -0.462 e. The van der Waals surface area contributed by atoms with Crippen molar-refractivity contribution in [2.75, 3.05) is 24.7 Å². The first kappa shape index (κ1) is 17.5. The third-order valence-electron chi connectivity index (χ3n) is 2.83. The molecule has 0 aromatic carbocycles. The number of carbonyl (C=O) groups excluding carboxylic acids is 1. The Bertz CT molecular complexity index is 309. The van der Waals surface area contributed by atoms with Gasteiger partial charge in [-0.15, -0.1) is 0 Å². The Labute approximate surface area is 126 Å². The van der Waals surface area contributed by atoms with Crippen molar-refractivity contribution < 1.29 is 19.0 Å². The zero-order chi connectivity index (χ0) is 14.8. The maximum absolute atomic E-state index is 11.2. The molecule has 2 rings (SSSR count). The summed E-state index contributed by atoms with van der Waals surface area (Å²) < 4.78 is 15.9. The molecule has 20 heavy (non-hydrogen) atoms. The molecule has 0 N–H and O–H groups in total. The van der Waals surface area contributed by atoms with Crippen molar-refractivity contribution in [2.45, 2.75) is 51.9 Å². The van der Waals surface area contributed by atoms with Gasteiger partial charge in [0.2, 0.25) is 0 Å². The van der Waals surface area contributed by atoms with E-state index >= 15 is 0 Å². The number of carbonyl (C=O) groups is 1. The molecule has 1 saturated heterocycles. The lowest BCUT2D eigenvalue weighted by atomic mass is 10.4. The van der Waals surface area contributed by atoms with Gasteiger partial charge < -0.3 is 14.2 Å². The molecule has 0 spiro atoms. The van der Waals surface area contributed by atoms with Crippen LogP contribution in [0.25, 0.3) is 0 Å². The average molecular weight is 302 g/mol. The van der Waals surface area contributed by atoms with Gasteiger partial charge in [0, 0.05) is 0 Å². The van der Waals surface area contributed by atoms with E-state index in [-0.39, 0.29) is 18.7 Å². The molecule has 1 aliphatic carbocycles. The third kappa shape index (κ3) is 7.92. The van der Waals surface area contributed by atoms with E-state index in [1.165, 1.54) is 19.3 Å². The smallest absolute Gasteiger partial charge is 0.315 e. The largest absolute Gasteiger partial charge is 0.462 e. The van der Waals surface area contributed by atoms with Crippen LogP contribution in [0.5, 0.6) is 0 Å². The summed E-state index contributed by atoms with van der Waals surface area (Å²) in [7, 11) is 0. The van der Waals surface area contributed by atoms with Crippen LogP contribution in [0.15, 0.2) is 12.2 Å². The lowest BCUT2D eigenvalue weighted by molar-refractivity contribution is -0.156. The van der Waals surface area contributed by atoms with Gasteiger partial charge in [0.25, 0.3) is 0 Å².